The van der Waals surface area contributed by atoms with Crippen molar-refractivity contribution in [1.82, 2.24) is 39.7 Å². The molecule has 0 aliphatic rings. The van der Waals surface area contributed by atoms with E-state index in [0.717, 1.165) is 17.5 Å². The van der Waals surface area contributed by atoms with Crippen LogP contribution in [0.3, 0.4) is 0 Å². The number of fused-ring (bicyclic) bond motifs is 1. The predicted molar refractivity (Wildman–Crippen MR) is 79.8 cm³/mol. The number of aromatic amines is 1. The van der Waals surface area contributed by atoms with Crippen LogP contribution < -0.4 is 10.9 Å². The van der Waals surface area contributed by atoms with Crippen LogP contribution in [0.4, 0.5) is 0 Å². The Hall–Kier alpha value is -3.04. The van der Waals surface area contributed by atoms with Crippen LogP contribution >= 0.6 is 0 Å². The van der Waals surface area contributed by atoms with Gasteiger partial charge < -0.3 is 9.88 Å². The SMILES string of the molecule is CCCn1cnnc1[C@H](C)NC(=O)c1cnc2nc[nH]n2c1=O. The molecule has 3 heterocycles. The molecule has 120 valence electrons. The summed E-state index contributed by atoms with van der Waals surface area (Å²) in [5.74, 6) is 0.322. The third kappa shape index (κ3) is 2.70. The first-order valence-electron chi connectivity index (χ1n) is 7.21. The van der Waals surface area contributed by atoms with Gasteiger partial charge in [0.05, 0.1) is 6.04 Å². The zero-order valence-electron chi connectivity index (χ0n) is 12.7. The molecule has 0 fully saturated rings. The molecular weight excluding hydrogens is 300 g/mol. The lowest BCUT2D eigenvalue weighted by molar-refractivity contribution is 0.0935. The fraction of sp³-hybridized carbons (Fsp3) is 0.385. The zero-order chi connectivity index (χ0) is 16.4. The van der Waals surface area contributed by atoms with Crippen molar-refractivity contribution in [3.63, 3.8) is 0 Å². The van der Waals surface area contributed by atoms with Gasteiger partial charge in [0, 0.05) is 12.7 Å². The average Bonchev–Trinajstić information content (AvgIpc) is 3.16. The van der Waals surface area contributed by atoms with Crippen LogP contribution in [0, 0.1) is 0 Å². The lowest BCUT2D eigenvalue weighted by Crippen LogP contribution is -2.34. The number of hydrogen-bond acceptors (Lipinski definition) is 6. The number of aromatic nitrogens is 7. The molecule has 3 rings (SSSR count). The highest BCUT2D eigenvalue weighted by Gasteiger charge is 2.19. The third-order valence-corrected chi connectivity index (χ3v) is 3.40. The maximum absolute atomic E-state index is 12.3. The minimum absolute atomic E-state index is 0.0693. The quantitative estimate of drug-likeness (QED) is 0.678. The van der Waals surface area contributed by atoms with E-state index in [0.29, 0.717) is 5.82 Å². The first kappa shape index (κ1) is 14.9. The van der Waals surface area contributed by atoms with Gasteiger partial charge in [0.15, 0.2) is 5.82 Å². The van der Waals surface area contributed by atoms with Gasteiger partial charge in [-0.1, -0.05) is 6.92 Å². The van der Waals surface area contributed by atoms with E-state index < -0.39 is 17.5 Å². The molecule has 0 aliphatic carbocycles. The number of carbonyl (C=O) groups excluding carboxylic acids is 1. The van der Waals surface area contributed by atoms with Crippen molar-refractivity contribution in [3.8, 4) is 0 Å². The van der Waals surface area contributed by atoms with Crippen LogP contribution in [0.1, 0.15) is 42.5 Å². The van der Waals surface area contributed by atoms with Gasteiger partial charge >= 0.3 is 0 Å². The molecule has 1 amide bonds. The Bertz CT molecular complexity index is 893. The molecule has 23 heavy (non-hydrogen) atoms. The maximum atomic E-state index is 12.3. The first-order valence-corrected chi connectivity index (χ1v) is 7.21. The Kier molecular flexibility index (Phi) is 3.87. The fourth-order valence-electron chi connectivity index (χ4n) is 2.31. The van der Waals surface area contributed by atoms with Gasteiger partial charge in [-0.15, -0.1) is 10.2 Å². The van der Waals surface area contributed by atoms with Crippen molar-refractivity contribution >= 4 is 11.7 Å². The smallest absolute Gasteiger partial charge is 0.286 e. The number of carbonyl (C=O) groups is 1. The number of aryl methyl sites for hydroxylation is 1. The number of rotatable bonds is 5. The predicted octanol–water partition coefficient (Wildman–Crippen LogP) is -0.0899. The molecular formula is C13H16N8O2. The second-order valence-electron chi connectivity index (χ2n) is 5.08. The Morgan fingerprint density at radius 2 is 2.26 bits per heavy atom. The van der Waals surface area contributed by atoms with Crippen LogP contribution in [-0.2, 0) is 6.54 Å². The van der Waals surface area contributed by atoms with E-state index in [1.165, 1.54) is 12.5 Å². The topological polar surface area (TPSA) is 123 Å². The maximum Gasteiger partial charge on any atom is 0.286 e. The molecule has 3 aromatic heterocycles. The molecule has 10 heteroatoms. The minimum Gasteiger partial charge on any atom is -0.342 e. The Labute approximate surface area is 130 Å². The highest BCUT2D eigenvalue weighted by atomic mass is 16.2. The van der Waals surface area contributed by atoms with Gasteiger partial charge in [-0.25, -0.2) is 9.97 Å². The van der Waals surface area contributed by atoms with Gasteiger partial charge in [0.25, 0.3) is 17.2 Å². The number of amides is 1. The highest BCUT2D eigenvalue weighted by molar-refractivity contribution is 5.93. The first-order chi connectivity index (χ1) is 11.1. The normalized spacial score (nSPS) is 12.4. The van der Waals surface area contributed by atoms with Gasteiger partial charge in [-0.2, -0.15) is 4.52 Å². The van der Waals surface area contributed by atoms with E-state index in [1.807, 2.05) is 11.5 Å². The summed E-state index contributed by atoms with van der Waals surface area (Å²) in [4.78, 5) is 32.4. The van der Waals surface area contributed by atoms with Crippen LogP contribution in [0.2, 0.25) is 0 Å². The largest absolute Gasteiger partial charge is 0.342 e. The zero-order valence-corrected chi connectivity index (χ0v) is 12.7. The molecule has 0 radical (unpaired) electrons. The third-order valence-electron chi connectivity index (χ3n) is 3.40. The van der Waals surface area contributed by atoms with Crippen molar-refractivity contribution in [3.05, 3.63) is 40.6 Å². The fourth-order valence-corrected chi connectivity index (χ4v) is 2.31. The van der Waals surface area contributed by atoms with Crippen LogP contribution in [0.25, 0.3) is 5.78 Å². The van der Waals surface area contributed by atoms with Crippen LogP contribution in [0.5, 0.6) is 0 Å². The van der Waals surface area contributed by atoms with Gasteiger partial charge in [0.1, 0.15) is 18.2 Å². The van der Waals surface area contributed by atoms with Gasteiger partial charge in [-0.05, 0) is 13.3 Å². The van der Waals surface area contributed by atoms with Gasteiger partial charge in [-0.3, -0.25) is 14.7 Å². The van der Waals surface area contributed by atoms with Crippen LogP contribution in [0.15, 0.2) is 23.6 Å². The summed E-state index contributed by atoms with van der Waals surface area (Å²) in [5, 5.41) is 13.3. The molecule has 1 atom stereocenters. The molecule has 10 nitrogen and oxygen atoms in total. The van der Waals surface area contributed by atoms with E-state index in [-0.39, 0.29) is 11.3 Å². The summed E-state index contributed by atoms with van der Waals surface area (Å²) in [6.07, 6.45) is 5.10. The standard InChI is InChI=1S/C13H16N8O2/c1-3-4-20-7-16-19-10(20)8(2)18-11(22)9-5-14-13-15-6-17-21(13)12(9)23/h5-8H,3-4H2,1-2H3,(H,18,22)(H,14,15,17)/t8-/m0/s1. The molecule has 0 spiro atoms. The van der Waals surface area contributed by atoms with Crippen molar-refractivity contribution in [1.29, 1.82) is 0 Å². The van der Waals surface area contributed by atoms with Crippen molar-refractivity contribution in [2.45, 2.75) is 32.9 Å². The molecule has 0 bridgehead atoms. The number of nitrogens with zero attached hydrogens (tertiary/aromatic N) is 6. The average molecular weight is 316 g/mol. The Balaban J connectivity index is 1.84. The number of nitrogens with one attached hydrogen (secondary N) is 2. The lowest BCUT2D eigenvalue weighted by atomic mass is 10.2. The van der Waals surface area contributed by atoms with E-state index in [4.69, 9.17) is 0 Å². The summed E-state index contributed by atoms with van der Waals surface area (Å²) in [6, 6.07) is -0.390. The molecule has 0 unspecified atom stereocenters. The second kappa shape index (κ2) is 5.99. The summed E-state index contributed by atoms with van der Waals surface area (Å²) in [6.45, 7) is 4.58. The van der Waals surface area contributed by atoms with E-state index in [9.17, 15) is 9.59 Å². The van der Waals surface area contributed by atoms with Gasteiger partial charge in [0.2, 0.25) is 0 Å². The molecule has 3 aromatic rings. The molecule has 2 N–H and O–H groups in total. The number of hydrogen-bond donors (Lipinski definition) is 2. The second-order valence-corrected chi connectivity index (χ2v) is 5.08. The summed E-state index contributed by atoms with van der Waals surface area (Å²) in [5.41, 5.74) is -0.576. The summed E-state index contributed by atoms with van der Waals surface area (Å²) in [7, 11) is 0. The van der Waals surface area contributed by atoms with E-state index >= 15 is 0 Å². The summed E-state index contributed by atoms with van der Waals surface area (Å²) < 4.78 is 2.98. The molecule has 0 saturated heterocycles. The molecule has 0 aromatic carbocycles. The lowest BCUT2D eigenvalue weighted by Gasteiger charge is -2.14. The van der Waals surface area contributed by atoms with E-state index in [2.05, 4.69) is 30.6 Å². The van der Waals surface area contributed by atoms with E-state index in [1.54, 1.807) is 13.3 Å². The van der Waals surface area contributed by atoms with Crippen molar-refractivity contribution in [2.24, 2.45) is 0 Å². The highest BCUT2D eigenvalue weighted by Crippen LogP contribution is 2.10. The van der Waals surface area contributed by atoms with Crippen LogP contribution in [-0.4, -0.2) is 40.3 Å². The Morgan fingerprint density at radius 3 is 3.04 bits per heavy atom. The van der Waals surface area contributed by atoms with Crippen molar-refractivity contribution in [2.75, 3.05) is 0 Å². The van der Waals surface area contributed by atoms with Crippen molar-refractivity contribution < 1.29 is 4.79 Å². The summed E-state index contributed by atoms with van der Waals surface area (Å²) >= 11 is 0. The number of H-pyrrole nitrogens is 1. The Morgan fingerprint density at radius 1 is 1.43 bits per heavy atom. The molecule has 0 aliphatic heterocycles. The monoisotopic (exact) mass is 316 g/mol. The molecule has 0 saturated carbocycles. The minimum atomic E-state index is -0.523.